The van der Waals surface area contributed by atoms with Crippen molar-refractivity contribution in [3.05, 3.63) is 30.0 Å². The molecule has 1 aromatic carbocycles. The number of carbonyl (C=O) groups excluding carboxylic acids is 2. The molecule has 0 spiro atoms. The van der Waals surface area contributed by atoms with E-state index in [9.17, 15) is 9.59 Å². The van der Waals surface area contributed by atoms with Crippen molar-refractivity contribution < 1.29 is 28.5 Å². The van der Waals surface area contributed by atoms with Gasteiger partial charge in [-0.05, 0) is 43.4 Å². The number of urea groups is 1. The summed E-state index contributed by atoms with van der Waals surface area (Å²) in [5.74, 6) is 0.110. The molecule has 0 radical (unpaired) electrons. The largest absolute Gasteiger partial charge is 0.493 e. The fourth-order valence-corrected chi connectivity index (χ4v) is 4.29. The quantitative estimate of drug-likeness (QED) is 0.663. The molecule has 2 fully saturated rings. The van der Waals surface area contributed by atoms with Gasteiger partial charge in [0.2, 0.25) is 5.75 Å². The Labute approximate surface area is 183 Å². The van der Waals surface area contributed by atoms with Crippen LogP contribution in [0.5, 0.6) is 17.2 Å². The number of amides is 2. The molecule has 2 atom stereocenters. The van der Waals surface area contributed by atoms with Crippen molar-refractivity contribution in [2.45, 2.75) is 57.1 Å². The molecule has 1 saturated heterocycles. The number of benzene rings is 1. The van der Waals surface area contributed by atoms with Crippen LogP contribution in [0.4, 0.5) is 4.79 Å². The summed E-state index contributed by atoms with van der Waals surface area (Å²) in [6, 6.07) is 2.33. The van der Waals surface area contributed by atoms with E-state index in [1.54, 1.807) is 12.1 Å². The normalized spacial score (nSPS) is 22.4. The van der Waals surface area contributed by atoms with E-state index in [1.807, 2.05) is 0 Å². The molecule has 1 aromatic rings. The molecule has 2 N–H and O–H groups in total. The standard InChI is InChI=1S/C23H32N2O6/c1-14-19(22(26)31-16-10-8-6-5-7-9-11-16)20(25-23(27)24-14)15-12-17(28-2)21(30-4)18(13-15)29-3/h12-13,16,19-20H,1,5-11H2,2-4H3,(H2,24,25,27). The number of hydrogen-bond donors (Lipinski definition) is 2. The Balaban J connectivity index is 1.90. The van der Waals surface area contributed by atoms with Gasteiger partial charge >= 0.3 is 12.0 Å². The first-order valence-electron chi connectivity index (χ1n) is 10.7. The summed E-state index contributed by atoms with van der Waals surface area (Å²) in [7, 11) is 4.55. The molecule has 31 heavy (non-hydrogen) atoms. The molecule has 2 aliphatic rings. The lowest BCUT2D eigenvalue weighted by atomic mass is 9.88. The number of hydrogen-bond acceptors (Lipinski definition) is 6. The summed E-state index contributed by atoms with van der Waals surface area (Å²) in [4.78, 5) is 25.4. The van der Waals surface area contributed by atoms with Crippen LogP contribution >= 0.6 is 0 Å². The van der Waals surface area contributed by atoms with Crippen LogP contribution in [0.3, 0.4) is 0 Å². The van der Waals surface area contributed by atoms with Gasteiger partial charge in [0.15, 0.2) is 11.5 Å². The molecule has 0 aromatic heterocycles. The van der Waals surface area contributed by atoms with E-state index < -0.39 is 24.0 Å². The van der Waals surface area contributed by atoms with Gasteiger partial charge in [-0.1, -0.05) is 25.8 Å². The summed E-state index contributed by atoms with van der Waals surface area (Å²) in [6.45, 7) is 3.93. The van der Waals surface area contributed by atoms with Crippen molar-refractivity contribution in [3.8, 4) is 17.2 Å². The number of nitrogens with one attached hydrogen (secondary N) is 2. The molecular formula is C23H32N2O6. The van der Waals surface area contributed by atoms with Crippen LogP contribution in [-0.4, -0.2) is 39.4 Å². The van der Waals surface area contributed by atoms with Crippen molar-refractivity contribution in [3.63, 3.8) is 0 Å². The van der Waals surface area contributed by atoms with E-state index in [-0.39, 0.29) is 6.10 Å². The number of rotatable bonds is 6. The van der Waals surface area contributed by atoms with Gasteiger partial charge in [0.1, 0.15) is 12.0 Å². The third-order valence-corrected chi connectivity index (χ3v) is 5.90. The zero-order chi connectivity index (χ0) is 22.4. The van der Waals surface area contributed by atoms with Gasteiger partial charge in [-0.2, -0.15) is 0 Å². The third-order valence-electron chi connectivity index (χ3n) is 5.90. The predicted molar refractivity (Wildman–Crippen MR) is 115 cm³/mol. The molecule has 170 valence electrons. The predicted octanol–water partition coefficient (Wildman–Crippen LogP) is 3.85. The smallest absolute Gasteiger partial charge is 0.319 e. The Morgan fingerprint density at radius 2 is 1.55 bits per heavy atom. The van der Waals surface area contributed by atoms with Gasteiger partial charge in [0.25, 0.3) is 0 Å². The Morgan fingerprint density at radius 3 is 2.10 bits per heavy atom. The van der Waals surface area contributed by atoms with Gasteiger partial charge in [0.05, 0.1) is 27.4 Å². The van der Waals surface area contributed by atoms with Crippen molar-refractivity contribution in [2.75, 3.05) is 21.3 Å². The summed E-state index contributed by atoms with van der Waals surface area (Å²) < 4.78 is 22.2. The molecule has 3 rings (SSSR count). The Hall–Kier alpha value is -2.90. The summed E-state index contributed by atoms with van der Waals surface area (Å²) >= 11 is 0. The van der Waals surface area contributed by atoms with Gasteiger partial charge in [-0.3, -0.25) is 4.79 Å². The van der Waals surface area contributed by atoms with Crippen LogP contribution in [0.15, 0.2) is 24.4 Å². The Morgan fingerprint density at radius 1 is 0.968 bits per heavy atom. The second-order valence-corrected chi connectivity index (χ2v) is 7.94. The Kier molecular flexibility index (Phi) is 7.65. The van der Waals surface area contributed by atoms with E-state index in [4.69, 9.17) is 18.9 Å². The maximum Gasteiger partial charge on any atom is 0.319 e. The van der Waals surface area contributed by atoms with E-state index >= 15 is 0 Å². The Bertz CT molecular complexity index is 791. The number of methoxy groups -OCH3 is 3. The van der Waals surface area contributed by atoms with Crippen LogP contribution < -0.4 is 24.8 Å². The first-order chi connectivity index (χ1) is 15.0. The van der Waals surface area contributed by atoms with Crippen LogP contribution in [0, 0.1) is 5.92 Å². The first-order valence-corrected chi connectivity index (χ1v) is 10.7. The summed E-state index contributed by atoms with van der Waals surface area (Å²) in [5, 5.41) is 5.45. The van der Waals surface area contributed by atoms with Crippen molar-refractivity contribution in [1.29, 1.82) is 0 Å². The maximum atomic E-state index is 13.2. The highest BCUT2D eigenvalue weighted by Gasteiger charge is 2.40. The summed E-state index contributed by atoms with van der Waals surface area (Å²) in [5.41, 5.74) is 0.934. The van der Waals surface area contributed by atoms with Crippen molar-refractivity contribution >= 4 is 12.0 Å². The molecule has 8 heteroatoms. The van der Waals surface area contributed by atoms with Crippen molar-refractivity contribution in [2.24, 2.45) is 5.92 Å². The van der Waals surface area contributed by atoms with E-state index in [1.165, 1.54) is 27.8 Å². The zero-order valence-corrected chi connectivity index (χ0v) is 18.5. The fraction of sp³-hybridized carbons (Fsp3) is 0.565. The molecule has 1 aliphatic carbocycles. The second kappa shape index (κ2) is 10.4. The maximum absolute atomic E-state index is 13.2. The SMILES string of the molecule is C=C1NC(=O)NC(c2cc(OC)c(OC)c(OC)c2)C1C(=O)OC1CCCCCCC1. The van der Waals surface area contributed by atoms with Gasteiger partial charge in [-0.25, -0.2) is 4.79 Å². The number of carbonyl (C=O) groups is 2. The average molecular weight is 433 g/mol. The molecular weight excluding hydrogens is 400 g/mol. The topological polar surface area (TPSA) is 95.1 Å². The lowest BCUT2D eigenvalue weighted by Crippen LogP contribution is -2.51. The van der Waals surface area contributed by atoms with E-state index in [2.05, 4.69) is 17.2 Å². The molecule has 0 bridgehead atoms. The second-order valence-electron chi connectivity index (χ2n) is 7.94. The minimum absolute atomic E-state index is 0.112. The first kappa shape index (κ1) is 22.8. The number of ether oxygens (including phenoxy) is 4. The molecule has 1 heterocycles. The van der Waals surface area contributed by atoms with Crippen LogP contribution in [0.2, 0.25) is 0 Å². The van der Waals surface area contributed by atoms with Gasteiger partial charge in [-0.15, -0.1) is 0 Å². The van der Waals surface area contributed by atoms with Gasteiger partial charge in [0, 0.05) is 5.70 Å². The molecule has 1 saturated carbocycles. The molecule has 8 nitrogen and oxygen atoms in total. The molecule has 1 aliphatic heterocycles. The van der Waals surface area contributed by atoms with Crippen LogP contribution in [0.25, 0.3) is 0 Å². The molecule has 2 amide bonds. The van der Waals surface area contributed by atoms with Crippen LogP contribution in [-0.2, 0) is 9.53 Å². The summed E-state index contributed by atoms with van der Waals surface area (Å²) in [6.07, 6.45) is 7.27. The third kappa shape index (κ3) is 5.24. The lowest BCUT2D eigenvalue weighted by Gasteiger charge is -2.34. The molecule has 2 unspecified atom stereocenters. The van der Waals surface area contributed by atoms with Crippen molar-refractivity contribution in [1.82, 2.24) is 10.6 Å². The minimum Gasteiger partial charge on any atom is -0.493 e. The van der Waals surface area contributed by atoms with E-state index in [0.717, 1.165) is 38.5 Å². The van der Waals surface area contributed by atoms with Crippen LogP contribution in [0.1, 0.15) is 56.6 Å². The average Bonchev–Trinajstić information content (AvgIpc) is 2.73. The van der Waals surface area contributed by atoms with Gasteiger partial charge < -0.3 is 29.6 Å². The monoisotopic (exact) mass is 432 g/mol. The highest BCUT2D eigenvalue weighted by atomic mass is 16.5. The highest BCUT2D eigenvalue weighted by Crippen LogP contribution is 2.42. The zero-order valence-electron chi connectivity index (χ0n) is 18.5. The fourth-order valence-electron chi connectivity index (χ4n) is 4.29. The number of esters is 1. The van der Waals surface area contributed by atoms with E-state index in [0.29, 0.717) is 28.5 Å². The highest BCUT2D eigenvalue weighted by molar-refractivity contribution is 5.85. The minimum atomic E-state index is -0.786. The lowest BCUT2D eigenvalue weighted by molar-refractivity contribution is -0.155.